The summed E-state index contributed by atoms with van der Waals surface area (Å²) in [6, 6.07) is 2.37. The Morgan fingerprint density at radius 3 is 2.79 bits per heavy atom. The molecule has 1 unspecified atom stereocenters. The molecule has 7 nitrogen and oxygen atoms in total. The highest BCUT2D eigenvalue weighted by atomic mass is 15.3. The summed E-state index contributed by atoms with van der Waals surface area (Å²) in [5.41, 5.74) is 8.09. The molecule has 2 rings (SSSR count). The summed E-state index contributed by atoms with van der Waals surface area (Å²) in [5, 5.41) is 3.31. The molecule has 1 fully saturated rings. The number of rotatable bonds is 5. The van der Waals surface area contributed by atoms with Crippen molar-refractivity contribution in [2.45, 2.75) is 26.3 Å². The maximum absolute atomic E-state index is 5.61. The standard InChI is InChI=1S/C12H23N7/c1-8(2)19-4-3-9(7-19)6-15-10-5-11(18-14)17-12(13)16-10/h5,8-9H,3-4,6-7,14H2,1-2H3,(H4,13,15,16,17,18). The zero-order chi connectivity index (χ0) is 13.8. The van der Waals surface area contributed by atoms with E-state index in [1.54, 1.807) is 6.07 Å². The Morgan fingerprint density at radius 2 is 2.16 bits per heavy atom. The normalized spacial score (nSPS) is 19.9. The number of hydrazine groups is 1. The van der Waals surface area contributed by atoms with Crippen LogP contribution in [-0.2, 0) is 0 Å². The Bertz CT molecular complexity index is 421. The molecule has 7 heteroatoms. The lowest BCUT2D eigenvalue weighted by atomic mass is 10.1. The lowest BCUT2D eigenvalue weighted by Crippen LogP contribution is -2.29. The van der Waals surface area contributed by atoms with E-state index in [1.165, 1.54) is 13.0 Å². The van der Waals surface area contributed by atoms with Crippen LogP contribution in [0.4, 0.5) is 17.6 Å². The van der Waals surface area contributed by atoms with Gasteiger partial charge >= 0.3 is 0 Å². The molecule has 1 aromatic heterocycles. The van der Waals surface area contributed by atoms with Crippen LogP contribution in [0.1, 0.15) is 20.3 Å². The van der Waals surface area contributed by atoms with E-state index in [4.69, 9.17) is 11.6 Å². The molecular formula is C12H23N7. The van der Waals surface area contributed by atoms with Gasteiger partial charge < -0.3 is 21.4 Å². The van der Waals surface area contributed by atoms with Crippen LogP contribution < -0.4 is 22.3 Å². The number of nitrogens with one attached hydrogen (secondary N) is 2. The molecule has 0 aliphatic carbocycles. The highest BCUT2D eigenvalue weighted by molar-refractivity contribution is 5.50. The molecule has 2 heterocycles. The van der Waals surface area contributed by atoms with Gasteiger partial charge in [0.1, 0.15) is 11.6 Å². The van der Waals surface area contributed by atoms with Gasteiger partial charge in [-0.25, -0.2) is 5.84 Å². The largest absolute Gasteiger partial charge is 0.370 e. The first-order valence-electron chi connectivity index (χ1n) is 6.67. The lowest BCUT2D eigenvalue weighted by Gasteiger charge is -2.20. The van der Waals surface area contributed by atoms with Crippen molar-refractivity contribution in [1.82, 2.24) is 14.9 Å². The Balaban J connectivity index is 1.87. The molecule has 1 saturated heterocycles. The summed E-state index contributed by atoms with van der Waals surface area (Å²) >= 11 is 0. The first-order chi connectivity index (χ1) is 9.08. The molecule has 1 atom stereocenters. The molecule has 0 aromatic carbocycles. The van der Waals surface area contributed by atoms with Crippen molar-refractivity contribution in [3.8, 4) is 0 Å². The number of hydrogen-bond acceptors (Lipinski definition) is 7. The van der Waals surface area contributed by atoms with Crippen molar-refractivity contribution in [3.63, 3.8) is 0 Å². The average molecular weight is 265 g/mol. The molecule has 1 aliphatic heterocycles. The van der Waals surface area contributed by atoms with Gasteiger partial charge in [0.05, 0.1) is 0 Å². The van der Waals surface area contributed by atoms with Crippen LogP contribution >= 0.6 is 0 Å². The van der Waals surface area contributed by atoms with Crippen LogP contribution in [0.3, 0.4) is 0 Å². The maximum atomic E-state index is 5.61. The topological polar surface area (TPSA) is 105 Å². The molecular weight excluding hydrogens is 242 g/mol. The Kier molecular flexibility index (Phi) is 4.39. The molecule has 1 aromatic rings. The van der Waals surface area contributed by atoms with Gasteiger partial charge in [0.25, 0.3) is 0 Å². The van der Waals surface area contributed by atoms with Gasteiger partial charge in [0, 0.05) is 25.2 Å². The molecule has 0 saturated carbocycles. The number of nitrogen functional groups attached to an aromatic ring is 2. The van der Waals surface area contributed by atoms with Crippen molar-refractivity contribution >= 4 is 17.6 Å². The van der Waals surface area contributed by atoms with Gasteiger partial charge in [-0.05, 0) is 32.7 Å². The number of likely N-dealkylation sites (tertiary alicyclic amines) is 1. The molecule has 6 N–H and O–H groups in total. The van der Waals surface area contributed by atoms with Crippen LogP contribution in [0.2, 0.25) is 0 Å². The van der Waals surface area contributed by atoms with Crippen LogP contribution in [0.5, 0.6) is 0 Å². The highest BCUT2D eigenvalue weighted by Crippen LogP contribution is 2.19. The van der Waals surface area contributed by atoms with Gasteiger partial charge in [-0.15, -0.1) is 0 Å². The van der Waals surface area contributed by atoms with Gasteiger partial charge in [-0.2, -0.15) is 9.97 Å². The van der Waals surface area contributed by atoms with Crippen molar-refractivity contribution in [3.05, 3.63) is 6.07 Å². The molecule has 19 heavy (non-hydrogen) atoms. The third-order valence-electron chi connectivity index (χ3n) is 3.51. The Labute approximate surface area is 113 Å². The monoisotopic (exact) mass is 265 g/mol. The smallest absolute Gasteiger partial charge is 0.223 e. The molecule has 0 bridgehead atoms. The fraction of sp³-hybridized carbons (Fsp3) is 0.667. The minimum atomic E-state index is 0.216. The van der Waals surface area contributed by atoms with E-state index in [0.29, 0.717) is 23.6 Å². The molecule has 0 amide bonds. The number of nitrogens with two attached hydrogens (primary N) is 2. The van der Waals surface area contributed by atoms with Crippen molar-refractivity contribution in [1.29, 1.82) is 0 Å². The molecule has 0 radical (unpaired) electrons. The van der Waals surface area contributed by atoms with Gasteiger partial charge in [0.15, 0.2) is 0 Å². The quantitative estimate of drug-likeness (QED) is 0.453. The van der Waals surface area contributed by atoms with E-state index in [2.05, 4.69) is 39.5 Å². The van der Waals surface area contributed by atoms with Crippen molar-refractivity contribution in [2.24, 2.45) is 11.8 Å². The number of anilines is 3. The van der Waals surface area contributed by atoms with E-state index >= 15 is 0 Å². The summed E-state index contributed by atoms with van der Waals surface area (Å²) in [5.74, 6) is 7.42. The number of hydrogen-bond donors (Lipinski definition) is 4. The number of nitrogens with zero attached hydrogens (tertiary/aromatic N) is 3. The van der Waals surface area contributed by atoms with Crippen molar-refractivity contribution < 1.29 is 0 Å². The summed E-state index contributed by atoms with van der Waals surface area (Å²) < 4.78 is 0. The summed E-state index contributed by atoms with van der Waals surface area (Å²) in [6.45, 7) is 7.67. The van der Waals surface area contributed by atoms with Crippen LogP contribution in [0, 0.1) is 5.92 Å². The third kappa shape index (κ3) is 3.68. The van der Waals surface area contributed by atoms with Gasteiger partial charge in [-0.1, -0.05) is 0 Å². The highest BCUT2D eigenvalue weighted by Gasteiger charge is 2.23. The first-order valence-corrected chi connectivity index (χ1v) is 6.67. The second kappa shape index (κ2) is 6.03. The predicted molar refractivity (Wildman–Crippen MR) is 77.6 cm³/mol. The summed E-state index contributed by atoms with van der Waals surface area (Å²) in [7, 11) is 0. The molecule has 0 spiro atoms. The fourth-order valence-corrected chi connectivity index (χ4v) is 2.38. The minimum Gasteiger partial charge on any atom is -0.370 e. The second-order valence-electron chi connectivity index (χ2n) is 5.27. The van der Waals surface area contributed by atoms with Gasteiger partial charge in [0.2, 0.25) is 5.95 Å². The Morgan fingerprint density at radius 1 is 1.42 bits per heavy atom. The minimum absolute atomic E-state index is 0.216. The summed E-state index contributed by atoms with van der Waals surface area (Å²) in [6.07, 6.45) is 1.22. The van der Waals surface area contributed by atoms with E-state index in [-0.39, 0.29) is 5.95 Å². The predicted octanol–water partition coefficient (Wildman–Crippen LogP) is 0.487. The summed E-state index contributed by atoms with van der Waals surface area (Å²) in [4.78, 5) is 10.6. The zero-order valence-corrected chi connectivity index (χ0v) is 11.6. The fourth-order valence-electron chi connectivity index (χ4n) is 2.38. The maximum Gasteiger partial charge on any atom is 0.223 e. The second-order valence-corrected chi connectivity index (χ2v) is 5.27. The van der Waals surface area contributed by atoms with Gasteiger partial charge in [-0.3, -0.25) is 0 Å². The van der Waals surface area contributed by atoms with E-state index in [0.717, 1.165) is 13.1 Å². The molecule has 106 valence electrons. The van der Waals surface area contributed by atoms with Crippen LogP contribution in [0.15, 0.2) is 6.07 Å². The Hall–Kier alpha value is -1.60. The van der Waals surface area contributed by atoms with E-state index in [9.17, 15) is 0 Å². The average Bonchev–Trinajstić information content (AvgIpc) is 2.84. The van der Waals surface area contributed by atoms with E-state index < -0.39 is 0 Å². The van der Waals surface area contributed by atoms with Crippen LogP contribution in [0.25, 0.3) is 0 Å². The van der Waals surface area contributed by atoms with Crippen LogP contribution in [-0.4, -0.2) is 40.5 Å². The molecule has 1 aliphatic rings. The van der Waals surface area contributed by atoms with Crippen molar-refractivity contribution in [2.75, 3.05) is 36.1 Å². The third-order valence-corrected chi connectivity index (χ3v) is 3.51. The number of aromatic nitrogens is 2. The zero-order valence-electron chi connectivity index (χ0n) is 11.6. The van der Waals surface area contributed by atoms with E-state index in [1.807, 2.05) is 0 Å². The first kappa shape index (κ1) is 13.8. The SMILES string of the molecule is CC(C)N1CCC(CNc2cc(NN)nc(N)n2)C1. The lowest BCUT2D eigenvalue weighted by molar-refractivity contribution is 0.266.